The van der Waals surface area contributed by atoms with Crippen molar-refractivity contribution in [3.05, 3.63) is 59.8 Å². The Bertz CT molecular complexity index is 399. The van der Waals surface area contributed by atoms with Crippen molar-refractivity contribution in [3.63, 3.8) is 0 Å². The van der Waals surface area contributed by atoms with Gasteiger partial charge in [0.15, 0.2) is 0 Å². The lowest BCUT2D eigenvalue weighted by atomic mass is 9.90. The molecule has 0 spiro atoms. The lowest BCUT2D eigenvalue weighted by Gasteiger charge is -2.14. The van der Waals surface area contributed by atoms with Crippen molar-refractivity contribution in [2.24, 2.45) is 0 Å². The second kappa shape index (κ2) is 6.06. The van der Waals surface area contributed by atoms with Crippen LogP contribution in [0.2, 0.25) is 0 Å². The van der Waals surface area contributed by atoms with Crippen molar-refractivity contribution in [2.75, 3.05) is 0 Å². The van der Waals surface area contributed by atoms with Gasteiger partial charge in [-0.2, -0.15) is 0 Å². The minimum absolute atomic E-state index is 0.508. The van der Waals surface area contributed by atoms with E-state index < -0.39 is 0 Å². The smallest absolute Gasteiger partial charge is 0.0367 e. The second-order valence-corrected chi connectivity index (χ2v) is 4.02. The molecule has 0 aromatic carbocycles. The molecule has 0 saturated carbocycles. The summed E-state index contributed by atoms with van der Waals surface area (Å²) in [6, 6.07) is 0. The predicted octanol–water partition coefficient (Wildman–Crippen LogP) is 4.61. The molecule has 86 valence electrons. The molecule has 0 aliphatic heterocycles. The molecule has 0 atom stereocenters. The molecule has 16 heavy (non-hydrogen) atoms. The van der Waals surface area contributed by atoms with E-state index in [-0.39, 0.29) is 0 Å². The number of hydrogen-bond acceptors (Lipinski definition) is 1. The van der Waals surface area contributed by atoms with Gasteiger partial charge in [-0.15, -0.1) is 0 Å². The Labute approximate surface area is 99.1 Å². The first kappa shape index (κ1) is 14.4. The van der Waals surface area contributed by atoms with Gasteiger partial charge in [-0.25, -0.2) is 0 Å². The molecule has 0 rings (SSSR count). The first-order valence-electron chi connectivity index (χ1n) is 5.25. The van der Waals surface area contributed by atoms with Crippen molar-refractivity contribution >= 4 is 5.71 Å². The molecular weight excluding hydrogens is 194 g/mol. The zero-order valence-electron chi connectivity index (χ0n) is 10.8. The number of nitrogens with one attached hydrogen (secondary N) is 1. The fourth-order valence-corrected chi connectivity index (χ4v) is 1.59. The van der Waals surface area contributed by atoms with Crippen LogP contribution in [-0.2, 0) is 0 Å². The SMILES string of the molecule is C=CC(=C(C)C)/C(C(C)=N)=C(/C=C)C(=C)C. The van der Waals surface area contributed by atoms with E-state index in [1.807, 2.05) is 20.8 Å². The summed E-state index contributed by atoms with van der Waals surface area (Å²) < 4.78 is 0. The predicted molar refractivity (Wildman–Crippen MR) is 74.0 cm³/mol. The molecule has 1 nitrogen and oxygen atoms in total. The molecule has 1 N–H and O–H groups in total. The molecule has 0 saturated heterocycles. The average molecular weight is 215 g/mol. The second-order valence-electron chi connectivity index (χ2n) is 4.02. The van der Waals surface area contributed by atoms with Gasteiger partial charge in [-0.3, -0.25) is 0 Å². The van der Waals surface area contributed by atoms with Gasteiger partial charge in [0.1, 0.15) is 0 Å². The lowest BCUT2D eigenvalue weighted by molar-refractivity contribution is 1.28. The average Bonchev–Trinajstić information content (AvgIpc) is 2.16. The maximum absolute atomic E-state index is 7.88. The van der Waals surface area contributed by atoms with Gasteiger partial charge in [-0.1, -0.05) is 43.0 Å². The number of allylic oxidation sites excluding steroid dienone is 7. The minimum atomic E-state index is 0.508. The van der Waals surface area contributed by atoms with Crippen molar-refractivity contribution in [2.45, 2.75) is 27.7 Å². The zero-order chi connectivity index (χ0) is 12.9. The van der Waals surface area contributed by atoms with Crippen LogP contribution in [0, 0.1) is 5.41 Å². The molecular formula is C15H21N. The fraction of sp³-hybridized carbons (Fsp3) is 0.267. The van der Waals surface area contributed by atoms with Gasteiger partial charge in [0, 0.05) is 11.3 Å². The van der Waals surface area contributed by atoms with Crippen LogP contribution in [0.1, 0.15) is 27.7 Å². The summed E-state index contributed by atoms with van der Waals surface area (Å²) >= 11 is 0. The minimum Gasteiger partial charge on any atom is -0.305 e. The van der Waals surface area contributed by atoms with Gasteiger partial charge >= 0.3 is 0 Å². The Hall–Kier alpha value is -1.63. The van der Waals surface area contributed by atoms with E-state index in [4.69, 9.17) is 5.41 Å². The quantitative estimate of drug-likeness (QED) is 0.511. The normalized spacial score (nSPS) is 11.2. The first-order valence-corrected chi connectivity index (χ1v) is 5.25. The van der Waals surface area contributed by atoms with Gasteiger partial charge in [-0.05, 0) is 38.8 Å². The van der Waals surface area contributed by atoms with E-state index in [2.05, 4.69) is 19.7 Å². The third-order valence-electron chi connectivity index (χ3n) is 2.32. The summed E-state index contributed by atoms with van der Waals surface area (Å²) in [6.45, 7) is 19.2. The summed E-state index contributed by atoms with van der Waals surface area (Å²) in [5, 5.41) is 7.88. The Kier molecular flexibility index (Phi) is 5.44. The standard InChI is InChI=1S/C15H21N/c1-8-13(10(3)4)15(12(7)16)14(9-2)11(5)6/h8-9,16H,1-3H2,4-7H3/b15-13-,16-12?. The Morgan fingerprint density at radius 2 is 1.38 bits per heavy atom. The fourth-order valence-electron chi connectivity index (χ4n) is 1.59. The van der Waals surface area contributed by atoms with Gasteiger partial charge in [0.2, 0.25) is 0 Å². The van der Waals surface area contributed by atoms with Gasteiger partial charge in [0.05, 0.1) is 0 Å². The van der Waals surface area contributed by atoms with E-state index in [0.29, 0.717) is 5.71 Å². The highest BCUT2D eigenvalue weighted by molar-refractivity contribution is 6.02. The highest BCUT2D eigenvalue weighted by atomic mass is 14.4. The summed E-state index contributed by atoms with van der Waals surface area (Å²) in [7, 11) is 0. The van der Waals surface area contributed by atoms with E-state index in [9.17, 15) is 0 Å². The van der Waals surface area contributed by atoms with Crippen LogP contribution in [0.15, 0.2) is 59.8 Å². The molecule has 0 bridgehead atoms. The number of hydrogen-bond donors (Lipinski definition) is 1. The Morgan fingerprint density at radius 1 is 0.938 bits per heavy atom. The van der Waals surface area contributed by atoms with E-state index in [0.717, 1.165) is 27.9 Å². The summed E-state index contributed by atoms with van der Waals surface area (Å²) in [5.41, 5.74) is 5.34. The highest BCUT2D eigenvalue weighted by Crippen LogP contribution is 2.25. The molecule has 0 aliphatic rings. The summed E-state index contributed by atoms with van der Waals surface area (Å²) in [5.74, 6) is 0. The van der Waals surface area contributed by atoms with Crippen LogP contribution in [-0.4, -0.2) is 5.71 Å². The molecule has 0 aromatic heterocycles. The van der Waals surface area contributed by atoms with Crippen LogP contribution >= 0.6 is 0 Å². The highest BCUT2D eigenvalue weighted by Gasteiger charge is 2.11. The maximum Gasteiger partial charge on any atom is 0.0367 e. The molecule has 0 aromatic rings. The molecule has 0 aliphatic carbocycles. The van der Waals surface area contributed by atoms with Gasteiger partial charge in [0.25, 0.3) is 0 Å². The van der Waals surface area contributed by atoms with Crippen LogP contribution < -0.4 is 0 Å². The largest absolute Gasteiger partial charge is 0.305 e. The van der Waals surface area contributed by atoms with Crippen molar-refractivity contribution < 1.29 is 0 Å². The maximum atomic E-state index is 7.88. The van der Waals surface area contributed by atoms with Crippen LogP contribution in [0.4, 0.5) is 0 Å². The number of rotatable bonds is 5. The van der Waals surface area contributed by atoms with E-state index in [1.54, 1.807) is 19.1 Å². The van der Waals surface area contributed by atoms with Gasteiger partial charge < -0.3 is 5.41 Å². The third kappa shape index (κ3) is 3.20. The molecule has 0 unspecified atom stereocenters. The Morgan fingerprint density at radius 3 is 1.56 bits per heavy atom. The van der Waals surface area contributed by atoms with Crippen molar-refractivity contribution in [3.8, 4) is 0 Å². The van der Waals surface area contributed by atoms with Crippen LogP contribution in [0.3, 0.4) is 0 Å². The van der Waals surface area contributed by atoms with Crippen LogP contribution in [0.5, 0.6) is 0 Å². The monoisotopic (exact) mass is 215 g/mol. The zero-order valence-corrected chi connectivity index (χ0v) is 10.8. The molecule has 0 radical (unpaired) electrons. The summed E-state index contributed by atoms with van der Waals surface area (Å²) in [4.78, 5) is 0. The molecule has 0 amide bonds. The van der Waals surface area contributed by atoms with E-state index in [1.165, 1.54) is 0 Å². The molecule has 0 heterocycles. The van der Waals surface area contributed by atoms with E-state index >= 15 is 0 Å². The van der Waals surface area contributed by atoms with Crippen LogP contribution in [0.25, 0.3) is 0 Å². The topological polar surface area (TPSA) is 23.9 Å². The third-order valence-corrected chi connectivity index (χ3v) is 2.32. The Balaban J connectivity index is 6.13. The van der Waals surface area contributed by atoms with Crippen molar-refractivity contribution in [1.29, 1.82) is 5.41 Å². The van der Waals surface area contributed by atoms with Crippen molar-refractivity contribution in [1.82, 2.24) is 0 Å². The molecule has 1 heteroatoms. The molecule has 0 fully saturated rings. The first-order chi connectivity index (χ1) is 7.36. The summed E-state index contributed by atoms with van der Waals surface area (Å²) in [6.07, 6.45) is 3.54. The lowest BCUT2D eigenvalue weighted by Crippen LogP contribution is -2.04.